The molecule has 0 heterocycles. The number of rotatable bonds is 0. The summed E-state index contributed by atoms with van der Waals surface area (Å²) in [4.78, 5) is 0. The molecule has 3 aliphatic carbocycles. The molecular weight excluding hydrogens is 96.1 g/mol. The van der Waals surface area contributed by atoms with E-state index in [1.54, 1.807) is 32.1 Å². The molecule has 0 amide bonds. The standard InChI is InChI=1S/C8H12/c1-2-6-7(3-1)8(6)4-5-8/h6-7H,1-5H2. The maximum absolute atomic E-state index is 1.60. The van der Waals surface area contributed by atoms with E-state index in [1.165, 1.54) is 11.8 Å². The third kappa shape index (κ3) is 0.240. The molecule has 8 heavy (non-hydrogen) atoms. The lowest BCUT2D eigenvalue weighted by atomic mass is 10.1. The Labute approximate surface area is 50.3 Å². The summed E-state index contributed by atoms with van der Waals surface area (Å²) in [6.07, 6.45) is 7.93. The SMILES string of the molecule is C1CC2C(C1)C21CC1. The minimum absolute atomic E-state index is 1.01. The molecule has 0 aromatic heterocycles. The third-order valence-electron chi connectivity index (χ3n) is 3.71. The summed E-state index contributed by atoms with van der Waals surface area (Å²) in [5, 5.41) is 0. The molecule has 0 saturated heterocycles. The number of hydrogen-bond acceptors (Lipinski definition) is 0. The van der Waals surface area contributed by atoms with Crippen molar-refractivity contribution in [3.63, 3.8) is 0 Å². The van der Waals surface area contributed by atoms with E-state index in [9.17, 15) is 0 Å². The molecule has 2 atom stereocenters. The Hall–Kier alpha value is 0. The number of fused-ring (bicyclic) bond motifs is 3. The van der Waals surface area contributed by atoms with Crippen molar-refractivity contribution in [1.82, 2.24) is 0 Å². The zero-order chi connectivity index (χ0) is 5.19. The van der Waals surface area contributed by atoms with E-state index in [4.69, 9.17) is 0 Å². The van der Waals surface area contributed by atoms with Gasteiger partial charge in [-0.3, -0.25) is 0 Å². The Bertz CT molecular complexity index is 121. The van der Waals surface area contributed by atoms with E-state index in [0.717, 1.165) is 5.41 Å². The first kappa shape index (κ1) is 3.92. The fourth-order valence-electron chi connectivity index (χ4n) is 3.09. The van der Waals surface area contributed by atoms with Crippen LogP contribution in [0.1, 0.15) is 32.1 Å². The van der Waals surface area contributed by atoms with Gasteiger partial charge in [-0.15, -0.1) is 0 Å². The van der Waals surface area contributed by atoms with Gasteiger partial charge in [0.2, 0.25) is 0 Å². The molecule has 0 bridgehead atoms. The van der Waals surface area contributed by atoms with E-state index in [-0.39, 0.29) is 0 Å². The zero-order valence-corrected chi connectivity index (χ0v) is 5.19. The van der Waals surface area contributed by atoms with Crippen molar-refractivity contribution >= 4 is 0 Å². The molecule has 0 aromatic carbocycles. The van der Waals surface area contributed by atoms with E-state index in [2.05, 4.69) is 0 Å². The summed E-state index contributed by atoms with van der Waals surface area (Å²) in [5.41, 5.74) is 1.01. The maximum atomic E-state index is 1.60. The Morgan fingerprint density at radius 2 is 1.62 bits per heavy atom. The van der Waals surface area contributed by atoms with E-state index in [1.807, 2.05) is 0 Å². The molecule has 0 N–H and O–H groups in total. The second-order valence-electron chi connectivity index (χ2n) is 3.88. The van der Waals surface area contributed by atoms with Gasteiger partial charge in [0.15, 0.2) is 0 Å². The van der Waals surface area contributed by atoms with E-state index >= 15 is 0 Å². The quantitative estimate of drug-likeness (QED) is 0.446. The van der Waals surface area contributed by atoms with Gasteiger partial charge in [-0.2, -0.15) is 0 Å². The lowest BCUT2D eigenvalue weighted by Gasteiger charge is -1.92. The van der Waals surface area contributed by atoms with E-state index < -0.39 is 0 Å². The summed E-state index contributed by atoms with van der Waals surface area (Å²) in [5.74, 6) is 2.48. The van der Waals surface area contributed by atoms with Gasteiger partial charge in [0, 0.05) is 0 Å². The van der Waals surface area contributed by atoms with Crippen molar-refractivity contribution in [3.05, 3.63) is 0 Å². The highest BCUT2D eigenvalue weighted by molar-refractivity contribution is 5.20. The second kappa shape index (κ2) is 0.872. The molecule has 0 nitrogen and oxygen atoms in total. The van der Waals surface area contributed by atoms with Crippen molar-refractivity contribution in [2.24, 2.45) is 17.3 Å². The van der Waals surface area contributed by atoms with Crippen LogP contribution in [-0.4, -0.2) is 0 Å². The van der Waals surface area contributed by atoms with Crippen molar-refractivity contribution in [1.29, 1.82) is 0 Å². The number of hydrogen-bond donors (Lipinski definition) is 0. The van der Waals surface area contributed by atoms with Gasteiger partial charge in [0.1, 0.15) is 0 Å². The van der Waals surface area contributed by atoms with E-state index in [0.29, 0.717) is 0 Å². The Morgan fingerprint density at radius 3 is 2.00 bits per heavy atom. The second-order valence-corrected chi connectivity index (χ2v) is 3.88. The molecule has 1 spiro atoms. The largest absolute Gasteiger partial charge is 0.0527 e. The predicted octanol–water partition coefficient (Wildman–Crippen LogP) is 2.20. The highest BCUT2D eigenvalue weighted by atomic mass is 14.8. The van der Waals surface area contributed by atoms with Gasteiger partial charge in [0.25, 0.3) is 0 Å². The van der Waals surface area contributed by atoms with Gasteiger partial charge >= 0.3 is 0 Å². The van der Waals surface area contributed by atoms with Gasteiger partial charge in [-0.25, -0.2) is 0 Å². The molecule has 2 unspecified atom stereocenters. The van der Waals surface area contributed by atoms with Crippen molar-refractivity contribution < 1.29 is 0 Å². The Morgan fingerprint density at radius 1 is 1.00 bits per heavy atom. The van der Waals surface area contributed by atoms with Crippen LogP contribution in [0.25, 0.3) is 0 Å². The van der Waals surface area contributed by atoms with Crippen LogP contribution in [0.2, 0.25) is 0 Å². The minimum Gasteiger partial charge on any atom is -0.0527 e. The molecule has 3 saturated carbocycles. The maximum Gasteiger partial charge on any atom is -0.0235 e. The smallest absolute Gasteiger partial charge is 0.0235 e. The summed E-state index contributed by atoms with van der Waals surface area (Å²) in [7, 11) is 0. The van der Waals surface area contributed by atoms with Crippen molar-refractivity contribution in [3.8, 4) is 0 Å². The van der Waals surface area contributed by atoms with Crippen LogP contribution in [0.4, 0.5) is 0 Å². The molecule has 3 fully saturated rings. The summed E-state index contributed by atoms with van der Waals surface area (Å²) in [6.45, 7) is 0. The lowest BCUT2D eigenvalue weighted by Crippen LogP contribution is -1.82. The highest BCUT2D eigenvalue weighted by Gasteiger charge is 2.71. The topological polar surface area (TPSA) is 0 Å². The Kier molecular flexibility index (Phi) is 0.427. The van der Waals surface area contributed by atoms with Crippen LogP contribution in [0, 0.1) is 17.3 Å². The molecule has 3 rings (SSSR count). The molecule has 0 aliphatic heterocycles. The lowest BCUT2D eigenvalue weighted by molar-refractivity contribution is 0.583. The summed E-state index contributed by atoms with van der Waals surface area (Å²) < 4.78 is 0. The average Bonchev–Trinajstić information content (AvgIpc) is 2.60. The van der Waals surface area contributed by atoms with Crippen LogP contribution in [0.15, 0.2) is 0 Å². The van der Waals surface area contributed by atoms with Crippen LogP contribution in [0.5, 0.6) is 0 Å². The van der Waals surface area contributed by atoms with Crippen LogP contribution in [0.3, 0.4) is 0 Å². The van der Waals surface area contributed by atoms with Gasteiger partial charge in [0.05, 0.1) is 0 Å². The van der Waals surface area contributed by atoms with Crippen molar-refractivity contribution in [2.45, 2.75) is 32.1 Å². The van der Waals surface area contributed by atoms with Gasteiger partial charge in [-0.1, -0.05) is 6.42 Å². The molecular formula is C8H12. The first-order chi connectivity index (χ1) is 3.93. The average molecular weight is 108 g/mol. The Balaban J connectivity index is 1.94. The summed E-state index contributed by atoms with van der Waals surface area (Å²) in [6, 6.07) is 0. The first-order valence-electron chi connectivity index (χ1n) is 3.93. The van der Waals surface area contributed by atoms with Gasteiger partial charge in [-0.05, 0) is 42.9 Å². The first-order valence-corrected chi connectivity index (χ1v) is 3.93. The zero-order valence-electron chi connectivity index (χ0n) is 5.19. The fourth-order valence-corrected chi connectivity index (χ4v) is 3.09. The van der Waals surface area contributed by atoms with Gasteiger partial charge < -0.3 is 0 Å². The van der Waals surface area contributed by atoms with Crippen LogP contribution >= 0.6 is 0 Å². The van der Waals surface area contributed by atoms with Crippen LogP contribution < -0.4 is 0 Å². The third-order valence-corrected chi connectivity index (χ3v) is 3.71. The van der Waals surface area contributed by atoms with Crippen molar-refractivity contribution in [2.75, 3.05) is 0 Å². The molecule has 44 valence electrons. The molecule has 0 radical (unpaired) electrons. The minimum atomic E-state index is 1.01. The normalized spacial score (nSPS) is 54.0. The molecule has 0 heteroatoms. The summed E-state index contributed by atoms with van der Waals surface area (Å²) >= 11 is 0. The monoisotopic (exact) mass is 108 g/mol. The predicted molar refractivity (Wildman–Crippen MR) is 32.5 cm³/mol. The fraction of sp³-hybridized carbons (Fsp3) is 1.00. The molecule has 3 aliphatic rings. The van der Waals surface area contributed by atoms with Crippen LogP contribution in [-0.2, 0) is 0 Å². The highest BCUT2D eigenvalue weighted by Crippen LogP contribution is 2.80. The molecule has 0 aromatic rings.